The number of para-hydroxylation sites is 1. The van der Waals surface area contributed by atoms with Crippen LogP contribution in [0.5, 0.6) is 0 Å². The highest BCUT2D eigenvalue weighted by Crippen LogP contribution is 2.25. The van der Waals surface area contributed by atoms with E-state index in [-0.39, 0.29) is 41.4 Å². The first-order valence-corrected chi connectivity index (χ1v) is 13.2. The number of rotatable bonds is 7. The second-order valence-corrected chi connectivity index (χ2v) is 10.2. The molecular weight excluding hydrogens is 562 g/mol. The van der Waals surface area contributed by atoms with Crippen LogP contribution in [-0.4, -0.2) is 47.4 Å². The van der Waals surface area contributed by atoms with Crippen molar-refractivity contribution in [2.24, 2.45) is 0 Å². The number of anilines is 1. The largest absolute Gasteiger partial charge is 0.363 e. The molecule has 0 radical (unpaired) electrons. The summed E-state index contributed by atoms with van der Waals surface area (Å²) >= 11 is 0. The number of benzene rings is 1. The molecule has 3 N–H and O–H groups in total. The molecule has 0 aliphatic carbocycles. The summed E-state index contributed by atoms with van der Waals surface area (Å²) < 4.78 is 29.9. The number of aromatic nitrogens is 4. The van der Waals surface area contributed by atoms with E-state index in [2.05, 4.69) is 26.0 Å². The number of carbonyl (C=O) groups is 3. The lowest BCUT2D eigenvalue weighted by Gasteiger charge is -2.30. The molecule has 0 saturated carbocycles. The Bertz CT molecular complexity index is 1920. The number of nitrogens with zero attached hydrogens (tertiary/aromatic N) is 5. The molecule has 5 heterocycles. The normalized spacial score (nSPS) is 17.4. The lowest BCUT2D eigenvalue weighted by Crippen LogP contribution is -2.55. The Kier molecular flexibility index (Phi) is 6.80. The van der Waals surface area contributed by atoms with E-state index >= 15 is 0 Å². The minimum atomic E-state index is -1.13. The quantitative estimate of drug-likeness (QED) is 0.302. The summed E-state index contributed by atoms with van der Waals surface area (Å²) in [5.74, 6) is -3.09. The van der Waals surface area contributed by atoms with Crippen molar-refractivity contribution in [3.63, 3.8) is 0 Å². The SMILES string of the molecule is CC1(NC(=O)Cn2c3c(c(=O)n4nc(C(=O)Nc5ccccc5F)cc24)CN(Cc2ccccn2)C3=O)C=CC(F)=CN1. The van der Waals surface area contributed by atoms with Crippen LogP contribution < -0.4 is 21.5 Å². The van der Waals surface area contributed by atoms with Crippen LogP contribution in [0.1, 0.15) is 39.2 Å². The van der Waals surface area contributed by atoms with Gasteiger partial charge in [0.2, 0.25) is 5.91 Å². The van der Waals surface area contributed by atoms with E-state index in [1.807, 2.05) is 0 Å². The number of dihydropyridines is 1. The second kappa shape index (κ2) is 10.6. The zero-order valence-corrected chi connectivity index (χ0v) is 22.7. The maximum atomic E-state index is 14.2. The first kappa shape index (κ1) is 27.5. The van der Waals surface area contributed by atoms with Gasteiger partial charge in [-0.1, -0.05) is 18.2 Å². The Hall–Kier alpha value is -5.66. The van der Waals surface area contributed by atoms with Gasteiger partial charge in [0.05, 0.1) is 30.0 Å². The van der Waals surface area contributed by atoms with Gasteiger partial charge in [0.25, 0.3) is 17.4 Å². The topological polar surface area (TPSA) is 143 Å². The molecule has 43 heavy (non-hydrogen) atoms. The predicted molar refractivity (Wildman–Crippen MR) is 150 cm³/mol. The summed E-state index contributed by atoms with van der Waals surface area (Å²) in [6, 6.07) is 12.1. The Morgan fingerprint density at radius 3 is 2.63 bits per heavy atom. The van der Waals surface area contributed by atoms with Crippen LogP contribution in [0, 0.1) is 5.82 Å². The van der Waals surface area contributed by atoms with E-state index < -0.39 is 47.1 Å². The van der Waals surface area contributed by atoms with Gasteiger partial charge < -0.3 is 25.4 Å². The van der Waals surface area contributed by atoms with Crippen LogP contribution >= 0.6 is 0 Å². The Morgan fingerprint density at radius 2 is 1.91 bits per heavy atom. The van der Waals surface area contributed by atoms with Gasteiger partial charge in [-0.25, -0.2) is 8.78 Å². The highest BCUT2D eigenvalue weighted by Gasteiger charge is 2.36. The van der Waals surface area contributed by atoms with E-state index in [0.29, 0.717) is 5.69 Å². The van der Waals surface area contributed by atoms with Crippen LogP contribution in [0.25, 0.3) is 5.65 Å². The van der Waals surface area contributed by atoms with E-state index in [9.17, 15) is 28.0 Å². The number of hydrogen-bond acceptors (Lipinski definition) is 7. The molecule has 3 amide bonds. The molecule has 0 saturated heterocycles. The van der Waals surface area contributed by atoms with Crippen molar-refractivity contribution >= 4 is 29.1 Å². The molecular formula is C29H24F2N8O4. The molecule has 0 fully saturated rings. The molecule has 218 valence electrons. The number of carbonyl (C=O) groups excluding carboxylic acids is 3. The van der Waals surface area contributed by atoms with E-state index in [1.54, 1.807) is 37.4 Å². The van der Waals surface area contributed by atoms with Gasteiger partial charge >= 0.3 is 0 Å². The van der Waals surface area contributed by atoms with Crippen molar-refractivity contribution in [3.8, 4) is 0 Å². The average Bonchev–Trinajstić information content (AvgIpc) is 3.57. The van der Waals surface area contributed by atoms with E-state index in [4.69, 9.17) is 0 Å². The number of hydrogen-bond donors (Lipinski definition) is 3. The summed E-state index contributed by atoms with van der Waals surface area (Å²) in [5, 5.41) is 12.1. The highest BCUT2D eigenvalue weighted by atomic mass is 19.1. The molecule has 14 heteroatoms. The fraction of sp³-hybridized carbons (Fsp3) is 0.172. The first-order valence-electron chi connectivity index (χ1n) is 13.2. The fourth-order valence-corrected chi connectivity index (χ4v) is 4.97. The van der Waals surface area contributed by atoms with Gasteiger partial charge in [0, 0.05) is 18.5 Å². The second-order valence-electron chi connectivity index (χ2n) is 10.2. The molecule has 2 aliphatic rings. The smallest absolute Gasteiger partial charge is 0.280 e. The fourth-order valence-electron chi connectivity index (χ4n) is 4.97. The van der Waals surface area contributed by atoms with Crippen molar-refractivity contribution in [2.75, 3.05) is 5.32 Å². The molecule has 4 aromatic rings. The Balaban J connectivity index is 1.39. The third-order valence-corrected chi connectivity index (χ3v) is 7.03. The molecule has 0 bridgehead atoms. The molecule has 1 atom stereocenters. The molecule has 3 aromatic heterocycles. The van der Waals surface area contributed by atoms with Crippen molar-refractivity contribution in [1.82, 2.24) is 34.7 Å². The zero-order chi connectivity index (χ0) is 30.3. The molecule has 12 nitrogen and oxygen atoms in total. The molecule has 1 unspecified atom stereocenters. The number of halogens is 2. The van der Waals surface area contributed by atoms with Crippen LogP contribution in [-0.2, 0) is 24.4 Å². The van der Waals surface area contributed by atoms with Crippen molar-refractivity contribution in [2.45, 2.75) is 32.2 Å². The van der Waals surface area contributed by atoms with Gasteiger partial charge in [-0.05, 0) is 43.3 Å². The maximum Gasteiger partial charge on any atom is 0.280 e. The van der Waals surface area contributed by atoms with Crippen molar-refractivity contribution in [3.05, 3.63) is 118 Å². The van der Waals surface area contributed by atoms with Gasteiger partial charge in [-0.15, -0.1) is 0 Å². The minimum Gasteiger partial charge on any atom is -0.363 e. The predicted octanol–water partition coefficient (Wildman–Crippen LogP) is 2.24. The summed E-state index contributed by atoms with van der Waals surface area (Å²) in [4.78, 5) is 59.3. The van der Waals surface area contributed by atoms with Crippen molar-refractivity contribution < 1.29 is 23.2 Å². The number of fused-ring (bicyclic) bond motifs is 2. The van der Waals surface area contributed by atoms with Gasteiger partial charge in [0.1, 0.15) is 35.2 Å². The summed E-state index contributed by atoms with van der Waals surface area (Å²) in [7, 11) is 0. The standard InChI is InChI=1S/C29H24F2N8O4/c1-29(10-9-17(30)13-33-29)35-23(40)16-38-24-12-22(26(41)34-21-8-3-2-7-20(21)31)36-39(24)27(42)19-15-37(28(43)25(19)38)14-18-6-4-5-11-32-18/h2-13,33H,14-16H2,1H3,(H,34,41)(H,35,40). The molecule has 6 rings (SSSR count). The number of amides is 3. The van der Waals surface area contributed by atoms with E-state index in [0.717, 1.165) is 10.7 Å². The summed E-state index contributed by atoms with van der Waals surface area (Å²) in [6.07, 6.45) is 5.31. The monoisotopic (exact) mass is 586 g/mol. The van der Waals surface area contributed by atoms with Crippen LogP contribution in [0.2, 0.25) is 0 Å². The number of pyridine rings is 1. The van der Waals surface area contributed by atoms with Crippen LogP contribution in [0.15, 0.2) is 83.7 Å². The average molecular weight is 587 g/mol. The summed E-state index contributed by atoms with van der Waals surface area (Å²) in [6.45, 7) is 1.19. The summed E-state index contributed by atoms with van der Waals surface area (Å²) in [5.41, 5.74) is -1.47. The molecule has 1 aromatic carbocycles. The third kappa shape index (κ3) is 5.25. The van der Waals surface area contributed by atoms with Gasteiger partial charge in [0.15, 0.2) is 5.69 Å². The maximum absolute atomic E-state index is 14.2. The Labute approximate surface area is 242 Å². The van der Waals surface area contributed by atoms with Gasteiger partial charge in [-0.3, -0.25) is 24.2 Å². The zero-order valence-electron chi connectivity index (χ0n) is 22.7. The number of allylic oxidation sites excluding steroid dienone is 2. The lowest BCUT2D eigenvalue weighted by atomic mass is 10.1. The highest BCUT2D eigenvalue weighted by molar-refractivity contribution is 6.04. The van der Waals surface area contributed by atoms with Crippen LogP contribution in [0.4, 0.5) is 14.5 Å². The molecule has 2 aliphatic heterocycles. The molecule has 0 spiro atoms. The lowest BCUT2D eigenvalue weighted by molar-refractivity contribution is -0.123. The minimum absolute atomic E-state index is 0.00569. The third-order valence-electron chi connectivity index (χ3n) is 7.03. The van der Waals surface area contributed by atoms with E-state index in [1.165, 1.54) is 45.9 Å². The van der Waals surface area contributed by atoms with Crippen molar-refractivity contribution in [1.29, 1.82) is 0 Å². The first-order chi connectivity index (χ1) is 20.6. The number of nitrogens with one attached hydrogen (secondary N) is 3. The van der Waals surface area contributed by atoms with Crippen LogP contribution in [0.3, 0.4) is 0 Å². The van der Waals surface area contributed by atoms with Gasteiger partial charge in [-0.2, -0.15) is 9.61 Å². The Morgan fingerprint density at radius 1 is 1.12 bits per heavy atom.